The minimum Gasteiger partial charge on any atom is -0.462 e. The van der Waals surface area contributed by atoms with E-state index in [4.69, 9.17) is 4.74 Å². The van der Waals surface area contributed by atoms with Crippen LogP contribution in [0.2, 0.25) is 0 Å². The molecule has 0 spiro atoms. The Morgan fingerprint density at radius 2 is 2.17 bits per heavy atom. The van der Waals surface area contributed by atoms with Crippen molar-refractivity contribution in [3.05, 3.63) is 35.5 Å². The van der Waals surface area contributed by atoms with Crippen LogP contribution in [0, 0.1) is 0 Å². The number of aryl methyl sites for hydroxylation is 1. The largest absolute Gasteiger partial charge is 0.462 e. The van der Waals surface area contributed by atoms with Crippen molar-refractivity contribution in [2.45, 2.75) is 45.7 Å². The number of pyridine rings is 1. The van der Waals surface area contributed by atoms with E-state index in [1.54, 1.807) is 19.2 Å². The first-order chi connectivity index (χ1) is 11.7. The first kappa shape index (κ1) is 16.4. The molecule has 3 rings (SSSR count). The molecule has 0 bridgehead atoms. The fourth-order valence-corrected chi connectivity index (χ4v) is 2.90. The summed E-state index contributed by atoms with van der Waals surface area (Å²) in [6, 6.07) is 3.56. The molecule has 0 saturated heterocycles. The van der Waals surface area contributed by atoms with Crippen LogP contribution in [-0.4, -0.2) is 39.4 Å². The Morgan fingerprint density at radius 3 is 2.92 bits per heavy atom. The molecule has 3 heterocycles. The summed E-state index contributed by atoms with van der Waals surface area (Å²) in [6.45, 7) is 3.77. The highest BCUT2D eigenvalue weighted by molar-refractivity contribution is 5.89. The van der Waals surface area contributed by atoms with Gasteiger partial charge in [0.15, 0.2) is 5.82 Å². The summed E-state index contributed by atoms with van der Waals surface area (Å²) in [7, 11) is 1.96. The number of nitrogens with zero attached hydrogens (tertiary/aromatic N) is 5. The second-order valence-electron chi connectivity index (χ2n) is 5.98. The number of rotatable bonds is 5. The monoisotopic (exact) mass is 329 g/mol. The maximum absolute atomic E-state index is 11.7. The smallest absolute Gasteiger partial charge is 0.339 e. The molecule has 1 aliphatic rings. The summed E-state index contributed by atoms with van der Waals surface area (Å²) < 4.78 is 7.21. The zero-order valence-corrected chi connectivity index (χ0v) is 14.2. The maximum atomic E-state index is 11.7. The van der Waals surface area contributed by atoms with Crippen LogP contribution in [0.3, 0.4) is 0 Å². The number of carbonyl (C=O) groups is 1. The van der Waals surface area contributed by atoms with Gasteiger partial charge in [0.05, 0.1) is 18.7 Å². The molecule has 0 aromatic carbocycles. The lowest BCUT2D eigenvalue weighted by atomic mass is 10.2. The van der Waals surface area contributed by atoms with Crippen LogP contribution in [0.5, 0.6) is 0 Å². The number of esters is 1. The lowest BCUT2D eigenvalue weighted by Gasteiger charge is -2.18. The Kier molecular flexibility index (Phi) is 5.08. The van der Waals surface area contributed by atoms with Crippen molar-refractivity contribution >= 4 is 11.8 Å². The summed E-state index contributed by atoms with van der Waals surface area (Å²) in [6.07, 6.45) is 6.16. The molecule has 1 aliphatic heterocycles. The van der Waals surface area contributed by atoms with Gasteiger partial charge >= 0.3 is 5.97 Å². The summed E-state index contributed by atoms with van der Waals surface area (Å²) in [5.74, 6) is 2.49. The molecule has 0 unspecified atom stereocenters. The zero-order valence-electron chi connectivity index (χ0n) is 14.2. The van der Waals surface area contributed by atoms with E-state index >= 15 is 0 Å². The quantitative estimate of drug-likeness (QED) is 0.783. The van der Waals surface area contributed by atoms with Crippen molar-refractivity contribution in [3.8, 4) is 0 Å². The summed E-state index contributed by atoms with van der Waals surface area (Å²) >= 11 is 0. The Balaban J connectivity index is 1.70. The van der Waals surface area contributed by atoms with Crippen molar-refractivity contribution in [1.29, 1.82) is 0 Å². The van der Waals surface area contributed by atoms with Gasteiger partial charge in [0.1, 0.15) is 11.6 Å². The van der Waals surface area contributed by atoms with Crippen LogP contribution in [0.4, 0.5) is 5.82 Å². The van der Waals surface area contributed by atoms with Gasteiger partial charge in [0.25, 0.3) is 0 Å². The Morgan fingerprint density at radius 1 is 1.29 bits per heavy atom. The molecule has 0 radical (unpaired) electrons. The summed E-state index contributed by atoms with van der Waals surface area (Å²) in [5, 5.41) is 8.67. The standard InChI is InChI=1S/C17H23N5O2/c1-3-24-17(23)13-8-9-14(18-11-13)21(2)12-16-20-19-15-7-5-4-6-10-22(15)16/h8-9,11H,3-7,10,12H2,1-2H3. The van der Waals surface area contributed by atoms with Gasteiger partial charge in [0.2, 0.25) is 0 Å². The molecule has 0 saturated carbocycles. The highest BCUT2D eigenvalue weighted by atomic mass is 16.5. The zero-order chi connectivity index (χ0) is 16.9. The average molecular weight is 329 g/mol. The second kappa shape index (κ2) is 7.42. The molecule has 128 valence electrons. The molecule has 0 atom stereocenters. The fraction of sp³-hybridized carbons (Fsp3) is 0.529. The maximum Gasteiger partial charge on any atom is 0.339 e. The van der Waals surface area contributed by atoms with Gasteiger partial charge < -0.3 is 14.2 Å². The normalized spacial score (nSPS) is 13.9. The van der Waals surface area contributed by atoms with Gasteiger partial charge in [-0.25, -0.2) is 9.78 Å². The third-order valence-electron chi connectivity index (χ3n) is 4.21. The van der Waals surface area contributed by atoms with Crippen molar-refractivity contribution in [3.63, 3.8) is 0 Å². The highest BCUT2D eigenvalue weighted by Gasteiger charge is 2.16. The first-order valence-electron chi connectivity index (χ1n) is 8.44. The minimum atomic E-state index is -0.345. The molecule has 0 fully saturated rings. The fourth-order valence-electron chi connectivity index (χ4n) is 2.90. The molecule has 2 aromatic rings. The van der Waals surface area contributed by atoms with E-state index < -0.39 is 0 Å². The number of carbonyl (C=O) groups excluding carboxylic acids is 1. The van der Waals surface area contributed by atoms with Crippen molar-refractivity contribution in [1.82, 2.24) is 19.7 Å². The lowest BCUT2D eigenvalue weighted by Crippen LogP contribution is -2.21. The van der Waals surface area contributed by atoms with Crippen LogP contribution < -0.4 is 4.90 Å². The topological polar surface area (TPSA) is 73.1 Å². The van der Waals surface area contributed by atoms with Crippen LogP contribution in [0.25, 0.3) is 0 Å². The average Bonchev–Trinajstić information content (AvgIpc) is 2.82. The number of ether oxygens (including phenoxy) is 1. The number of anilines is 1. The van der Waals surface area contributed by atoms with Gasteiger partial charge in [-0.3, -0.25) is 0 Å². The molecular formula is C17H23N5O2. The van der Waals surface area contributed by atoms with Gasteiger partial charge in [-0.05, 0) is 31.9 Å². The molecule has 0 amide bonds. The number of aromatic nitrogens is 4. The van der Waals surface area contributed by atoms with Crippen molar-refractivity contribution in [2.24, 2.45) is 0 Å². The Bertz CT molecular complexity index is 696. The van der Waals surface area contributed by atoms with E-state index in [1.807, 2.05) is 18.0 Å². The van der Waals surface area contributed by atoms with Gasteiger partial charge in [0, 0.05) is 26.2 Å². The molecule has 0 aliphatic carbocycles. The van der Waals surface area contributed by atoms with Crippen molar-refractivity contribution < 1.29 is 9.53 Å². The van der Waals surface area contributed by atoms with Crippen LogP contribution in [0.15, 0.2) is 18.3 Å². The highest BCUT2D eigenvalue weighted by Crippen LogP contribution is 2.17. The lowest BCUT2D eigenvalue weighted by molar-refractivity contribution is 0.0526. The third kappa shape index (κ3) is 3.55. The number of hydrogen-bond acceptors (Lipinski definition) is 6. The van der Waals surface area contributed by atoms with Crippen LogP contribution in [-0.2, 0) is 24.2 Å². The number of hydrogen-bond donors (Lipinski definition) is 0. The third-order valence-corrected chi connectivity index (χ3v) is 4.21. The van der Waals surface area contributed by atoms with Gasteiger partial charge in [-0.15, -0.1) is 10.2 Å². The van der Waals surface area contributed by atoms with E-state index in [-0.39, 0.29) is 5.97 Å². The van der Waals surface area contributed by atoms with Gasteiger partial charge in [-0.2, -0.15) is 0 Å². The molecule has 0 N–H and O–H groups in total. The molecule has 7 nitrogen and oxygen atoms in total. The second-order valence-corrected chi connectivity index (χ2v) is 5.98. The molecule has 2 aromatic heterocycles. The van der Waals surface area contributed by atoms with E-state index in [2.05, 4.69) is 19.7 Å². The summed E-state index contributed by atoms with van der Waals surface area (Å²) in [4.78, 5) is 18.0. The van der Waals surface area contributed by atoms with E-state index in [0.29, 0.717) is 18.7 Å². The van der Waals surface area contributed by atoms with E-state index in [0.717, 1.165) is 30.4 Å². The SMILES string of the molecule is CCOC(=O)c1ccc(N(C)Cc2nnc3n2CCCCC3)nc1. The minimum absolute atomic E-state index is 0.345. The first-order valence-corrected chi connectivity index (χ1v) is 8.44. The summed E-state index contributed by atoms with van der Waals surface area (Å²) in [5.41, 5.74) is 0.463. The molecular weight excluding hydrogens is 306 g/mol. The predicted octanol–water partition coefficient (Wildman–Crippen LogP) is 2.21. The predicted molar refractivity (Wildman–Crippen MR) is 89.9 cm³/mol. The Hall–Kier alpha value is -2.44. The van der Waals surface area contributed by atoms with Crippen LogP contribution >= 0.6 is 0 Å². The van der Waals surface area contributed by atoms with Crippen LogP contribution in [0.1, 0.15) is 48.2 Å². The number of fused-ring (bicyclic) bond motifs is 1. The molecule has 24 heavy (non-hydrogen) atoms. The Labute approximate surface area is 141 Å². The molecule has 7 heteroatoms. The van der Waals surface area contributed by atoms with E-state index in [9.17, 15) is 4.79 Å². The van der Waals surface area contributed by atoms with Crippen molar-refractivity contribution in [2.75, 3.05) is 18.6 Å². The van der Waals surface area contributed by atoms with Gasteiger partial charge in [-0.1, -0.05) is 6.42 Å². The van der Waals surface area contributed by atoms with E-state index in [1.165, 1.54) is 19.3 Å².